The first-order valence-electron chi connectivity index (χ1n) is 8.24. The topological polar surface area (TPSA) is 73.6 Å². The summed E-state index contributed by atoms with van der Waals surface area (Å²) in [6.45, 7) is 1.82. The van der Waals surface area contributed by atoms with Crippen LogP contribution in [0.15, 0.2) is 45.7 Å². The van der Waals surface area contributed by atoms with Crippen LogP contribution >= 0.6 is 24.0 Å². The quantitative estimate of drug-likeness (QED) is 0.544. The lowest BCUT2D eigenvalue weighted by Crippen LogP contribution is -2.49. The molecule has 0 radical (unpaired) electrons. The van der Waals surface area contributed by atoms with Crippen molar-refractivity contribution < 1.29 is 23.5 Å². The first kappa shape index (κ1) is 19.3. The predicted molar refractivity (Wildman–Crippen MR) is 103 cm³/mol. The highest BCUT2D eigenvalue weighted by Crippen LogP contribution is 2.35. The smallest absolute Gasteiger partial charge is 0.266 e. The zero-order valence-electron chi connectivity index (χ0n) is 14.3. The van der Waals surface area contributed by atoms with Crippen LogP contribution in [-0.2, 0) is 9.59 Å². The molecule has 2 aromatic rings. The molecule has 1 aliphatic rings. The van der Waals surface area contributed by atoms with Gasteiger partial charge in [-0.3, -0.25) is 9.69 Å². The predicted octanol–water partition coefficient (Wildman–Crippen LogP) is 3.21. The lowest BCUT2D eigenvalue weighted by Gasteiger charge is -2.27. The number of carbonyl (C=O) groups excluding carboxylic acids is 2. The number of furan rings is 1. The van der Waals surface area contributed by atoms with Gasteiger partial charge in [0.05, 0.1) is 16.9 Å². The fourth-order valence-electron chi connectivity index (χ4n) is 2.70. The lowest BCUT2D eigenvalue weighted by molar-refractivity contribution is -0.310. The van der Waals surface area contributed by atoms with E-state index in [0.717, 1.165) is 16.7 Å². The summed E-state index contributed by atoms with van der Waals surface area (Å²) in [6, 6.07) is 8.14. The fourth-order valence-corrected chi connectivity index (χ4v) is 4.04. The van der Waals surface area contributed by atoms with Gasteiger partial charge in [0, 0.05) is 11.6 Å². The van der Waals surface area contributed by atoms with Gasteiger partial charge in [0.1, 0.15) is 21.7 Å². The SMILES string of the molecule is CCC[C@@H](C(=O)[O-])N1C(=O)/C(=C\c2ccc(-c3ccc(F)cc3)o2)SC1=S. The second-order valence-electron chi connectivity index (χ2n) is 5.88. The maximum absolute atomic E-state index is 13.0. The van der Waals surface area contributed by atoms with Crippen molar-refractivity contribution in [3.8, 4) is 11.3 Å². The standard InChI is InChI=1S/C19H16FNO4S2/c1-2-3-14(18(23)24)21-17(22)16(27-19(21)26)10-13-8-9-15(25-13)11-4-6-12(20)7-5-11/h4-10,14H,2-3H2,1H3,(H,23,24)/p-1/b16-10+/t14-/m0/s1. The minimum absolute atomic E-state index is 0.180. The van der Waals surface area contributed by atoms with Crippen LogP contribution < -0.4 is 5.11 Å². The van der Waals surface area contributed by atoms with E-state index in [4.69, 9.17) is 16.6 Å². The first-order valence-corrected chi connectivity index (χ1v) is 9.47. The number of carbonyl (C=O) groups is 2. The van der Waals surface area contributed by atoms with Crippen molar-refractivity contribution in [2.75, 3.05) is 0 Å². The zero-order valence-corrected chi connectivity index (χ0v) is 15.9. The largest absolute Gasteiger partial charge is 0.548 e. The van der Waals surface area contributed by atoms with Crippen molar-refractivity contribution in [3.05, 3.63) is 52.9 Å². The van der Waals surface area contributed by atoms with Crippen LogP contribution in [0.4, 0.5) is 4.39 Å². The van der Waals surface area contributed by atoms with E-state index in [-0.39, 0.29) is 21.5 Å². The number of hydrogen-bond acceptors (Lipinski definition) is 6. The molecule has 1 aromatic heterocycles. The number of rotatable bonds is 6. The molecule has 1 amide bonds. The Kier molecular flexibility index (Phi) is 5.76. The molecule has 140 valence electrons. The van der Waals surface area contributed by atoms with Crippen molar-refractivity contribution in [1.29, 1.82) is 0 Å². The molecule has 8 heteroatoms. The average Bonchev–Trinajstić information content (AvgIpc) is 3.19. The Morgan fingerprint density at radius 1 is 1.33 bits per heavy atom. The molecule has 1 saturated heterocycles. The van der Waals surface area contributed by atoms with Crippen molar-refractivity contribution >= 4 is 46.3 Å². The summed E-state index contributed by atoms with van der Waals surface area (Å²) >= 11 is 6.21. The number of amides is 1. The van der Waals surface area contributed by atoms with Gasteiger partial charge >= 0.3 is 0 Å². The van der Waals surface area contributed by atoms with Crippen LogP contribution in [0.5, 0.6) is 0 Å². The van der Waals surface area contributed by atoms with Crippen molar-refractivity contribution in [1.82, 2.24) is 4.90 Å². The molecule has 0 bridgehead atoms. The van der Waals surface area contributed by atoms with Crippen molar-refractivity contribution in [2.45, 2.75) is 25.8 Å². The van der Waals surface area contributed by atoms with E-state index in [1.807, 2.05) is 6.92 Å². The van der Waals surface area contributed by atoms with Gasteiger partial charge in [-0.05, 0) is 42.8 Å². The molecule has 2 heterocycles. The summed E-state index contributed by atoms with van der Waals surface area (Å²) in [4.78, 5) is 25.4. The van der Waals surface area contributed by atoms with Gasteiger partial charge in [0.25, 0.3) is 5.91 Å². The number of carboxylic acid groups (broad SMARTS) is 1. The van der Waals surface area contributed by atoms with E-state index in [2.05, 4.69) is 0 Å². The van der Waals surface area contributed by atoms with Gasteiger partial charge in [0.15, 0.2) is 0 Å². The Labute approximate surface area is 164 Å². The van der Waals surface area contributed by atoms with E-state index < -0.39 is 17.9 Å². The summed E-state index contributed by atoms with van der Waals surface area (Å²) in [6.07, 6.45) is 2.36. The molecule has 1 fully saturated rings. The van der Waals surface area contributed by atoms with Crippen LogP contribution in [-0.4, -0.2) is 27.1 Å². The summed E-state index contributed by atoms with van der Waals surface area (Å²) < 4.78 is 18.9. The van der Waals surface area contributed by atoms with Gasteiger partial charge in [-0.25, -0.2) is 4.39 Å². The highest BCUT2D eigenvalue weighted by atomic mass is 32.2. The molecular weight excluding hydrogens is 389 g/mol. The van der Waals surface area contributed by atoms with Gasteiger partial charge in [-0.15, -0.1) is 0 Å². The number of carboxylic acids is 1. The zero-order chi connectivity index (χ0) is 19.6. The van der Waals surface area contributed by atoms with Crippen LogP contribution in [0.3, 0.4) is 0 Å². The second-order valence-corrected chi connectivity index (χ2v) is 7.56. The molecule has 0 spiro atoms. The first-order chi connectivity index (χ1) is 12.9. The average molecular weight is 404 g/mol. The number of nitrogens with zero attached hydrogens (tertiary/aromatic N) is 1. The summed E-state index contributed by atoms with van der Waals surface area (Å²) in [5, 5.41) is 11.4. The summed E-state index contributed by atoms with van der Waals surface area (Å²) in [5.74, 6) is -1.22. The summed E-state index contributed by atoms with van der Waals surface area (Å²) in [7, 11) is 0. The van der Waals surface area contributed by atoms with E-state index in [1.54, 1.807) is 24.3 Å². The normalized spacial score (nSPS) is 17.0. The second kappa shape index (κ2) is 8.06. The number of thiocarbonyl (C=S) groups is 1. The van der Waals surface area contributed by atoms with E-state index >= 15 is 0 Å². The third-order valence-electron chi connectivity index (χ3n) is 4.00. The molecule has 0 N–H and O–H groups in total. The van der Waals surface area contributed by atoms with E-state index in [0.29, 0.717) is 23.5 Å². The third kappa shape index (κ3) is 4.12. The van der Waals surface area contributed by atoms with E-state index in [1.165, 1.54) is 18.2 Å². The molecule has 0 unspecified atom stereocenters. The molecule has 1 aliphatic heterocycles. The van der Waals surface area contributed by atoms with Crippen LogP contribution in [0.2, 0.25) is 0 Å². The van der Waals surface area contributed by atoms with E-state index in [9.17, 15) is 19.1 Å². The number of halogens is 1. The van der Waals surface area contributed by atoms with Gasteiger partial charge in [-0.1, -0.05) is 37.3 Å². The molecule has 5 nitrogen and oxygen atoms in total. The molecule has 0 aliphatic carbocycles. The Morgan fingerprint density at radius 3 is 2.67 bits per heavy atom. The maximum atomic E-state index is 13.0. The Morgan fingerprint density at radius 2 is 2.04 bits per heavy atom. The van der Waals surface area contributed by atoms with Gasteiger partial charge in [-0.2, -0.15) is 0 Å². The van der Waals surface area contributed by atoms with Crippen LogP contribution in [0.25, 0.3) is 17.4 Å². The minimum Gasteiger partial charge on any atom is -0.548 e. The number of hydrogen-bond donors (Lipinski definition) is 0. The molecule has 3 rings (SSSR count). The van der Waals surface area contributed by atoms with Crippen LogP contribution in [0.1, 0.15) is 25.5 Å². The molecule has 27 heavy (non-hydrogen) atoms. The molecule has 0 saturated carbocycles. The molecular formula is C19H15FNO4S2-. The number of benzene rings is 1. The highest BCUT2D eigenvalue weighted by molar-refractivity contribution is 8.26. The Balaban J connectivity index is 1.84. The Hall–Kier alpha value is -2.45. The summed E-state index contributed by atoms with van der Waals surface area (Å²) in [5.41, 5.74) is 0.698. The van der Waals surface area contributed by atoms with Gasteiger partial charge < -0.3 is 14.3 Å². The number of aliphatic carboxylic acids is 1. The number of thioether (sulfide) groups is 1. The lowest BCUT2D eigenvalue weighted by atomic mass is 10.1. The molecule has 1 atom stereocenters. The van der Waals surface area contributed by atoms with Crippen molar-refractivity contribution in [2.24, 2.45) is 0 Å². The Bertz CT molecular complexity index is 920. The monoisotopic (exact) mass is 404 g/mol. The third-order valence-corrected chi connectivity index (χ3v) is 5.33. The van der Waals surface area contributed by atoms with Crippen molar-refractivity contribution in [3.63, 3.8) is 0 Å². The molecule has 1 aromatic carbocycles. The fraction of sp³-hybridized carbons (Fsp3) is 0.211. The minimum atomic E-state index is -1.33. The van der Waals surface area contributed by atoms with Crippen LogP contribution in [0, 0.1) is 5.82 Å². The van der Waals surface area contributed by atoms with Gasteiger partial charge in [0.2, 0.25) is 0 Å². The maximum Gasteiger partial charge on any atom is 0.266 e. The highest BCUT2D eigenvalue weighted by Gasteiger charge is 2.37.